The summed E-state index contributed by atoms with van der Waals surface area (Å²) in [4.78, 5) is 96.6. The van der Waals surface area contributed by atoms with E-state index < -0.39 is 59.5 Å². The van der Waals surface area contributed by atoms with Crippen molar-refractivity contribution in [2.75, 3.05) is 6.54 Å². The van der Waals surface area contributed by atoms with Crippen molar-refractivity contribution in [1.82, 2.24) is 31.2 Å². The average Bonchev–Trinajstić information content (AvgIpc) is 3.66. The van der Waals surface area contributed by atoms with E-state index in [0.29, 0.717) is 30.5 Å². The number of Topliss-reactive ketones (excluding diaryl/α,β-unsaturated/α-hetero) is 2. The molecule has 0 spiro atoms. The molecule has 1 aromatic rings. The first-order valence-corrected chi connectivity index (χ1v) is 16.9. The van der Waals surface area contributed by atoms with E-state index in [1.807, 2.05) is 20.8 Å². The van der Waals surface area contributed by atoms with Crippen molar-refractivity contribution in [2.45, 2.75) is 123 Å². The molecule has 47 heavy (non-hydrogen) atoms. The van der Waals surface area contributed by atoms with Crippen molar-refractivity contribution < 1.29 is 33.6 Å². The number of ketones is 2. The van der Waals surface area contributed by atoms with Crippen LogP contribution < -0.4 is 21.3 Å². The van der Waals surface area contributed by atoms with E-state index in [4.69, 9.17) is 0 Å². The Labute approximate surface area is 275 Å². The van der Waals surface area contributed by atoms with Crippen molar-refractivity contribution in [1.29, 1.82) is 0 Å². The number of rotatable bonds is 12. The molecule has 256 valence electrons. The third-order valence-corrected chi connectivity index (χ3v) is 10.8. The zero-order valence-corrected chi connectivity index (χ0v) is 28.2. The number of H-pyrrole nitrogens is 1. The quantitative estimate of drug-likeness (QED) is 0.168. The topological polar surface area (TPSA) is 187 Å². The molecule has 4 fully saturated rings. The monoisotopic (exact) mass is 652 g/mol. The zero-order valence-electron chi connectivity index (χ0n) is 28.2. The third kappa shape index (κ3) is 6.58. The highest BCUT2D eigenvalue weighted by atomic mass is 16.2. The maximum absolute atomic E-state index is 14.3. The number of carbonyl (C=O) groups excluding carboxylic acids is 7. The van der Waals surface area contributed by atoms with Crippen LogP contribution in [-0.2, 0) is 24.0 Å². The Kier molecular flexibility index (Phi) is 9.66. The Hall–Kier alpha value is -4.03. The summed E-state index contributed by atoms with van der Waals surface area (Å²) in [7, 11) is 0. The molecule has 4 aliphatic rings. The van der Waals surface area contributed by atoms with Crippen LogP contribution in [0.2, 0.25) is 0 Å². The molecule has 6 atom stereocenters. The van der Waals surface area contributed by atoms with Crippen LogP contribution in [0.4, 0.5) is 0 Å². The van der Waals surface area contributed by atoms with Gasteiger partial charge in [0, 0.05) is 17.8 Å². The van der Waals surface area contributed by atoms with Crippen LogP contribution in [0.15, 0.2) is 0 Å². The second-order valence-electron chi connectivity index (χ2n) is 14.4. The molecule has 1 aromatic heterocycles. The van der Waals surface area contributed by atoms with Crippen LogP contribution in [0.1, 0.15) is 111 Å². The maximum atomic E-state index is 14.3. The number of aromatic nitrogens is 1. The first-order valence-electron chi connectivity index (χ1n) is 16.9. The van der Waals surface area contributed by atoms with E-state index in [9.17, 15) is 33.6 Å². The van der Waals surface area contributed by atoms with Crippen LogP contribution in [0.25, 0.3) is 0 Å². The number of piperidine rings is 1. The van der Waals surface area contributed by atoms with Gasteiger partial charge in [-0.3, -0.25) is 33.6 Å². The van der Waals surface area contributed by atoms with Gasteiger partial charge in [-0.05, 0) is 82.1 Å². The maximum Gasteiger partial charge on any atom is 0.289 e. The van der Waals surface area contributed by atoms with Gasteiger partial charge in [0.05, 0.1) is 18.2 Å². The summed E-state index contributed by atoms with van der Waals surface area (Å²) in [6, 6.07) is -2.96. The summed E-state index contributed by atoms with van der Waals surface area (Å²) in [6.07, 6.45) is 5.61. The normalized spacial score (nSPS) is 26.6. The van der Waals surface area contributed by atoms with Crippen LogP contribution in [0.3, 0.4) is 0 Å². The molecule has 13 heteroatoms. The number of nitrogens with one attached hydrogen (secondary N) is 5. The zero-order chi connectivity index (χ0) is 34.4. The molecular weight excluding hydrogens is 604 g/mol. The molecule has 5 amide bonds. The molecule has 5 rings (SSSR count). The van der Waals surface area contributed by atoms with E-state index in [1.165, 1.54) is 6.92 Å². The molecule has 2 aliphatic carbocycles. The summed E-state index contributed by atoms with van der Waals surface area (Å²) in [5.41, 5.74) is 1.06. The van der Waals surface area contributed by atoms with Crippen molar-refractivity contribution in [3.05, 3.63) is 22.5 Å². The average molecular weight is 653 g/mol. The molecule has 13 nitrogen and oxygen atoms in total. The molecule has 1 unspecified atom stereocenters. The molecule has 0 aromatic carbocycles. The number of aromatic amines is 1. The Balaban J connectivity index is 1.31. The minimum Gasteiger partial charge on any atom is -0.354 e. The largest absolute Gasteiger partial charge is 0.354 e. The van der Waals surface area contributed by atoms with Gasteiger partial charge in [0.15, 0.2) is 5.78 Å². The molecule has 0 bridgehead atoms. The SMILES string of the molecule is CCC[C@H](NC(=O)[C@@H]1C[C@@H]2CCCC3[C@@H]2N1C(=O)[C@@H](NC(=O)CNC(=O)c1[nH]c(C)c(C)c1C(C)=O)C3(C)C)C(=O)C(=O)NC1CC1. The van der Waals surface area contributed by atoms with Gasteiger partial charge in [0.25, 0.3) is 11.8 Å². The van der Waals surface area contributed by atoms with Gasteiger partial charge in [-0.2, -0.15) is 0 Å². The predicted molar refractivity (Wildman–Crippen MR) is 171 cm³/mol. The van der Waals surface area contributed by atoms with Crippen LogP contribution in [-0.4, -0.2) is 87.7 Å². The molecule has 0 radical (unpaired) electrons. The number of hydrogen-bond donors (Lipinski definition) is 5. The highest BCUT2D eigenvalue weighted by Gasteiger charge is 2.62. The molecule has 3 heterocycles. The number of carbonyl (C=O) groups is 7. The Morgan fingerprint density at radius 1 is 1.02 bits per heavy atom. The minimum atomic E-state index is -0.990. The van der Waals surface area contributed by atoms with Gasteiger partial charge in [-0.25, -0.2) is 0 Å². The lowest BCUT2D eigenvalue weighted by Gasteiger charge is -2.55. The smallest absolute Gasteiger partial charge is 0.289 e. The Bertz CT molecular complexity index is 1490. The van der Waals surface area contributed by atoms with Gasteiger partial charge in [0.1, 0.15) is 17.8 Å². The second kappa shape index (κ2) is 13.2. The molecule has 2 saturated carbocycles. The summed E-state index contributed by atoms with van der Waals surface area (Å²) < 4.78 is 0. The molecule has 2 saturated heterocycles. The van der Waals surface area contributed by atoms with E-state index >= 15 is 0 Å². The second-order valence-corrected chi connectivity index (χ2v) is 14.4. The summed E-state index contributed by atoms with van der Waals surface area (Å²) in [5, 5.41) is 10.9. The van der Waals surface area contributed by atoms with Crippen molar-refractivity contribution in [3.8, 4) is 0 Å². The number of hydrogen-bond acceptors (Lipinski definition) is 7. The van der Waals surface area contributed by atoms with Gasteiger partial charge in [0.2, 0.25) is 23.5 Å². The first-order chi connectivity index (χ1) is 22.2. The number of aryl methyl sites for hydroxylation is 1. The van der Waals surface area contributed by atoms with Crippen LogP contribution in [0, 0.1) is 31.1 Å². The number of nitrogens with zero attached hydrogens (tertiary/aromatic N) is 1. The third-order valence-electron chi connectivity index (χ3n) is 10.8. The van der Waals surface area contributed by atoms with E-state index in [1.54, 1.807) is 18.7 Å². The van der Waals surface area contributed by atoms with Gasteiger partial charge >= 0.3 is 0 Å². The fraction of sp³-hybridized carbons (Fsp3) is 0.676. The van der Waals surface area contributed by atoms with Gasteiger partial charge in [-0.15, -0.1) is 0 Å². The first kappa shape index (κ1) is 34.3. The van der Waals surface area contributed by atoms with Gasteiger partial charge in [-0.1, -0.05) is 33.6 Å². The van der Waals surface area contributed by atoms with Crippen molar-refractivity contribution in [2.24, 2.45) is 17.3 Å². The van der Waals surface area contributed by atoms with Crippen LogP contribution in [0.5, 0.6) is 0 Å². The fourth-order valence-corrected chi connectivity index (χ4v) is 8.09. The lowest BCUT2D eigenvalue weighted by atomic mass is 9.60. The lowest BCUT2D eigenvalue weighted by molar-refractivity contribution is -0.159. The van der Waals surface area contributed by atoms with Crippen LogP contribution >= 0.6 is 0 Å². The van der Waals surface area contributed by atoms with Crippen molar-refractivity contribution in [3.63, 3.8) is 0 Å². The lowest BCUT2D eigenvalue weighted by Crippen LogP contribution is -2.69. The summed E-state index contributed by atoms with van der Waals surface area (Å²) >= 11 is 0. The highest BCUT2D eigenvalue weighted by molar-refractivity contribution is 6.38. The fourth-order valence-electron chi connectivity index (χ4n) is 8.09. The standard InChI is InChI=1S/C34H48N6O7/c1-7-9-22(28(43)32(46)37-20-12-13-20)38-30(44)23-14-19-10-8-11-21-27(19)40(23)33(47)29(34(21,5)6)39-24(42)15-35-31(45)26-25(18(4)41)16(2)17(3)36-26/h19-23,27,29,36H,7-15H2,1-6H3,(H,35,45)(H,37,46)(H,38,44)(H,39,42)/t19-,21?,22-,23-,27+,29+/m0/s1. The predicted octanol–water partition coefficient (Wildman–Crippen LogP) is 1.61. The molecule has 5 N–H and O–H groups in total. The van der Waals surface area contributed by atoms with E-state index in [2.05, 4.69) is 26.3 Å². The van der Waals surface area contributed by atoms with Gasteiger partial charge < -0.3 is 31.2 Å². The summed E-state index contributed by atoms with van der Waals surface area (Å²) in [6.45, 7) is 10.2. The molecular formula is C34H48N6O7. The van der Waals surface area contributed by atoms with E-state index in [0.717, 1.165) is 32.1 Å². The summed E-state index contributed by atoms with van der Waals surface area (Å²) in [5.74, 6) is -3.56. The highest BCUT2D eigenvalue weighted by Crippen LogP contribution is 2.53. The van der Waals surface area contributed by atoms with Crippen molar-refractivity contribution >= 4 is 41.1 Å². The molecule has 2 aliphatic heterocycles. The number of amides is 5. The Morgan fingerprint density at radius 3 is 2.36 bits per heavy atom. The minimum absolute atomic E-state index is 0.00832. The Morgan fingerprint density at radius 2 is 1.72 bits per heavy atom. The van der Waals surface area contributed by atoms with E-state index in [-0.39, 0.29) is 46.9 Å².